The van der Waals surface area contributed by atoms with E-state index in [0.29, 0.717) is 6.10 Å². The van der Waals surface area contributed by atoms with Crippen LogP contribution in [0.5, 0.6) is 0 Å². The van der Waals surface area contributed by atoms with Gasteiger partial charge in [0.1, 0.15) is 0 Å². The van der Waals surface area contributed by atoms with Gasteiger partial charge in [-0.15, -0.1) is 0 Å². The van der Waals surface area contributed by atoms with E-state index in [1.807, 2.05) is 32.9 Å². The van der Waals surface area contributed by atoms with E-state index in [1.54, 1.807) is 0 Å². The Morgan fingerprint density at radius 3 is 2.75 bits per heavy atom. The maximum atomic E-state index is 5.96. The molecule has 0 aromatic heterocycles. The van der Waals surface area contributed by atoms with Gasteiger partial charge in [-0.2, -0.15) is 0 Å². The molecule has 1 N–H and O–H groups in total. The minimum absolute atomic E-state index is 0.305. The van der Waals surface area contributed by atoms with Crippen LogP contribution in [0.3, 0.4) is 0 Å². The Morgan fingerprint density at radius 2 is 2.12 bits per heavy atom. The SMILES string of the molecule is Cc1cc(CNCCOC(C)C)ccc1Cl. The Labute approximate surface area is 103 Å². The highest BCUT2D eigenvalue weighted by Gasteiger charge is 1.98. The van der Waals surface area contributed by atoms with Gasteiger partial charge in [-0.1, -0.05) is 23.7 Å². The minimum Gasteiger partial charge on any atom is -0.377 e. The second kappa shape index (κ2) is 6.89. The second-order valence-electron chi connectivity index (χ2n) is 4.18. The minimum atomic E-state index is 0.305. The molecule has 16 heavy (non-hydrogen) atoms. The third-order valence-electron chi connectivity index (χ3n) is 2.28. The Hall–Kier alpha value is -0.570. The summed E-state index contributed by atoms with van der Waals surface area (Å²) in [5.74, 6) is 0. The molecule has 1 aromatic carbocycles. The van der Waals surface area contributed by atoms with Crippen molar-refractivity contribution in [3.05, 3.63) is 34.3 Å². The summed E-state index contributed by atoms with van der Waals surface area (Å²) in [6.45, 7) is 8.60. The van der Waals surface area contributed by atoms with Gasteiger partial charge in [0.05, 0.1) is 12.7 Å². The summed E-state index contributed by atoms with van der Waals surface area (Å²) in [4.78, 5) is 0. The first-order valence-electron chi connectivity index (χ1n) is 5.67. The zero-order chi connectivity index (χ0) is 12.0. The Bertz CT molecular complexity index is 326. The van der Waals surface area contributed by atoms with Gasteiger partial charge in [0, 0.05) is 18.1 Å². The summed E-state index contributed by atoms with van der Waals surface area (Å²) in [5.41, 5.74) is 2.38. The summed E-state index contributed by atoms with van der Waals surface area (Å²) in [7, 11) is 0. The lowest BCUT2D eigenvalue weighted by atomic mass is 10.1. The van der Waals surface area contributed by atoms with E-state index in [4.69, 9.17) is 16.3 Å². The highest BCUT2D eigenvalue weighted by Crippen LogP contribution is 2.15. The molecular weight excluding hydrogens is 222 g/mol. The topological polar surface area (TPSA) is 21.3 Å². The van der Waals surface area contributed by atoms with Gasteiger partial charge in [0.25, 0.3) is 0 Å². The van der Waals surface area contributed by atoms with Crippen molar-refractivity contribution in [3.63, 3.8) is 0 Å². The smallest absolute Gasteiger partial charge is 0.0594 e. The first-order valence-corrected chi connectivity index (χ1v) is 6.04. The van der Waals surface area contributed by atoms with E-state index in [0.717, 1.165) is 30.3 Å². The summed E-state index contributed by atoms with van der Waals surface area (Å²) >= 11 is 5.96. The van der Waals surface area contributed by atoms with E-state index in [2.05, 4.69) is 11.4 Å². The first kappa shape index (κ1) is 13.5. The lowest BCUT2D eigenvalue weighted by Crippen LogP contribution is -2.20. The average Bonchev–Trinajstić information content (AvgIpc) is 2.22. The van der Waals surface area contributed by atoms with Crippen LogP contribution in [0.15, 0.2) is 18.2 Å². The molecule has 0 aliphatic carbocycles. The van der Waals surface area contributed by atoms with Crippen LogP contribution in [-0.4, -0.2) is 19.3 Å². The van der Waals surface area contributed by atoms with E-state index in [9.17, 15) is 0 Å². The molecule has 1 rings (SSSR count). The van der Waals surface area contributed by atoms with Crippen molar-refractivity contribution < 1.29 is 4.74 Å². The van der Waals surface area contributed by atoms with Gasteiger partial charge >= 0.3 is 0 Å². The van der Waals surface area contributed by atoms with Crippen LogP contribution in [0.4, 0.5) is 0 Å². The molecule has 90 valence electrons. The van der Waals surface area contributed by atoms with E-state index < -0.39 is 0 Å². The molecule has 0 fully saturated rings. The second-order valence-corrected chi connectivity index (χ2v) is 4.59. The third-order valence-corrected chi connectivity index (χ3v) is 2.71. The Kier molecular flexibility index (Phi) is 5.81. The molecule has 0 spiro atoms. The van der Waals surface area contributed by atoms with Gasteiger partial charge in [0.15, 0.2) is 0 Å². The summed E-state index contributed by atoms with van der Waals surface area (Å²) in [5, 5.41) is 4.16. The molecule has 0 aliphatic heterocycles. The zero-order valence-corrected chi connectivity index (χ0v) is 11.0. The maximum Gasteiger partial charge on any atom is 0.0594 e. The molecule has 0 saturated heterocycles. The summed E-state index contributed by atoms with van der Waals surface area (Å²) in [6, 6.07) is 6.10. The number of halogens is 1. The fourth-order valence-electron chi connectivity index (χ4n) is 1.42. The lowest BCUT2D eigenvalue weighted by Gasteiger charge is -2.09. The van der Waals surface area contributed by atoms with E-state index in [-0.39, 0.29) is 0 Å². The van der Waals surface area contributed by atoms with Gasteiger partial charge in [-0.05, 0) is 38.0 Å². The lowest BCUT2D eigenvalue weighted by molar-refractivity contribution is 0.0807. The van der Waals surface area contributed by atoms with Crippen molar-refractivity contribution in [2.24, 2.45) is 0 Å². The number of nitrogens with one attached hydrogen (secondary N) is 1. The third kappa shape index (κ3) is 4.97. The normalized spacial score (nSPS) is 11.1. The van der Waals surface area contributed by atoms with Gasteiger partial charge in [0.2, 0.25) is 0 Å². The van der Waals surface area contributed by atoms with Gasteiger partial charge in [-0.25, -0.2) is 0 Å². The largest absolute Gasteiger partial charge is 0.377 e. The van der Waals surface area contributed by atoms with E-state index in [1.165, 1.54) is 5.56 Å². The molecule has 0 bridgehead atoms. The number of hydrogen-bond donors (Lipinski definition) is 1. The monoisotopic (exact) mass is 241 g/mol. The van der Waals surface area contributed by atoms with Crippen LogP contribution >= 0.6 is 11.6 Å². The molecular formula is C13H20ClNO. The van der Waals surface area contributed by atoms with Crippen molar-refractivity contribution in [2.45, 2.75) is 33.4 Å². The molecule has 0 aliphatic rings. The van der Waals surface area contributed by atoms with Crippen LogP contribution in [-0.2, 0) is 11.3 Å². The zero-order valence-electron chi connectivity index (χ0n) is 10.2. The highest BCUT2D eigenvalue weighted by atomic mass is 35.5. The van der Waals surface area contributed by atoms with Crippen molar-refractivity contribution in [3.8, 4) is 0 Å². The predicted molar refractivity (Wildman–Crippen MR) is 69.0 cm³/mol. The Morgan fingerprint density at radius 1 is 1.38 bits per heavy atom. The average molecular weight is 242 g/mol. The molecule has 0 saturated carbocycles. The number of hydrogen-bond acceptors (Lipinski definition) is 2. The van der Waals surface area contributed by atoms with Crippen molar-refractivity contribution >= 4 is 11.6 Å². The number of benzene rings is 1. The first-order chi connectivity index (χ1) is 7.59. The maximum absolute atomic E-state index is 5.96. The van der Waals surface area contributed by atoms with Crippen LogP contribution in [0.2, 0.25) is 5.02 Å². The fraction of sp³-hybridized carbons (Fsp3) is 0.538. The fourth-order valence-corrected chi connectivity index (χ4v) is 1.53. The van der Waals surface area contributed by atoms with Gasteiger partial charge < -0.3 is 10.1 Å². The van der Waals surface area contributed by atoms with Crippen molar-refractivity contribution in [1.29, 1.82) is 0 Å². The quantitative estimate of drug-likeness (QED) is 0.773. The number of aryl methyl sites for hydroxylation is 1. The van der Waals surface area contributed by atoms with Crippen molar-refractivity contribution in [1.82, 2.24) is 5.32 Å². The van der Waals surface area contributed by atoms with Gasteiger partial charge in [-0.3, -0.25) is 0 Å². The standard InChI is InChI=1S/C13H20ClNO/c1-10(2)16-7-6-15-9-12-4-5-13(14)11(3)8-12/h4-5,8,10,15H,6-7,9H2,1-3H3. The predicted octanol–water partition coefficient (Wildman–Crippen LogP) is 3.16. The molecule has 0 unspecified atom stereocenters. The van der Waals surface area contributed by atoms with Crippen molar-refractivity contribution in [2.75, 3.05) is 13.2 Å². The molecule has 2 nitrogen and oxygen atoms in total. The number of rotatable bonds is 6. The van der Waals surface area contributed by atoms with Crippen LogP contribution in [0.1, 0.15) is 25.0 Å². The molecule has 3 heteroatoms. The number of ether oxygens (including phenoxy) is 1. The van der Waals surface area contributed by atoms with Crippen LogP contribution < -0.4 is 5.32 Å². The summed E-state index contributed by atoms with van der Waals surface area (Å²) < 4.78 is 5.44. The van der Waals surface area contributed by atoms with E-state index >= 15 is 0 Å². The molecule has 1 aromatic rings. The molecule has 0 radical (unpaired) electrons. The Balaban J connectivity index is 2.24. The van der Waals surface area contributed by atoms with Crippen LogP contribution in [0, 0.1) is 6.92 Å². The molecule has 0 amide bonds. The van der Waals surface area contributed by atoms with Crippen LogP contribution in [0.25, 0.3) is 0 Å². The summed E-state index contributed by atoms with van der Waals surface area (Å²) in [6.07, 6.45) is 0.305. The molecule has 0 atom stereocenters. The molecule has 0 heterocycles. The highest BCUT2D eigenvalue weighted by molar-refractivity contribution is 6.31.